The Labute approximate surface area is 94.5 Å². The fourth-order valence-electron chi connectivity index (χ4n) is 1.58. The second-order valence-electron chi connectivity index (χ2n) is 6.30. The molecule has 0 aromatic carbocycles. The van der Waals surface area contributed by atoms with Gasteiger partial charge in [-0.25, -0.2) is 0 Å². The lowest BCUT2D eigenvalue weighted by Crippen LogP contribution is -2.43. The minimum absolute atomic E-state index is 0.292. The Kier molecular flexibility index (Phi) is 3.77. The minimum atomic E-state index is -1.57. The van der Waals surface area contributed by atoms with Gasteiger partial charge in [0, 0.05) is 12.5 Å². The van der Waals surface area contributed by atoms with E-state index in [1.165, 1.54) is 0 Å². The highest BCUT2D eigenvalue weighted by Gasteiger charge is 2.39. The highest BCUT2D eigenvalue weighted by Crippen LogP contribution is 2.39. The lowest BCUT2D eigenvalue weighted by Gasteiger charge is -2.39. The van der Waals surface area contributed by atoms with E-state index in [4.69, 9.17) is 4.43 Å². The van der Waals surface area contributed by atoms with Gasteiger partial charge < -0.3 is 9.22 Å². The number of hydrogen-bond acceptors (Lipinski definition) is 2. The van der Waals surface area contributed by atoms with E-state index in [1.54, 1.807) is 0 Å². The SMILES string of the molecule is CC(C)(C)[Si](C)(C)OCC1CC(C=O)C1. The van der Waals surface area contributed by atoms with E-state index in [0.717, 1.165) is 25.7 Å². The summed E-state index contributed by atoms with van der Waals surface area (Å²) in [5.41, 5.74) is 0. The van der Waals surface area contributed by atoms with Gasteiger partial charge in [-0.2, -0.15) is 0 Å². The molecule has 1 aliphatic rings. The van der Waals surface area contributed by atoms with Gasteiger partial charge in [0.1, 0.15) is 6.29 Å². The van der Waals surface area contributed by atoms with Crippen molar-refractivity contribution in [3.05, 3.63) is 0 Å². The Morgan fingerprint density at radius 2 is 1.87 bits per heavy atom. The quantitative estimate of drug-likeness (QED) is 0.545. The summed E-state index contributed by atoms with van der Waals surface area (Å²) in [5, 5.41) is 0.292. The van der Waals surface area contributed by atoms with Crippen LogP contribution in [0.5, 0.6) is 0 Å². The van der Waals surface area contributed by atoms with Gasteiger partial charge in [0.15, 0.2) is 8.32 Å². The third-order valence-electron chi connectivity index (χ3n) is 3.95. The van der Waals surface area contributed by atoms with Gasteiger partial charge in [0.25, 0.3) is 0 Å². The normalized spacial score (nSPS) is 27.3. The van der Waals surface area contributed by atoms with E-state index in [0.29, 0.717) is 16.9 Å². The molecule has 1 fully saturated rings. The van der Waals surface area contributed by atoms with Crippen molar-refractivity contribution in [2.24, 2.45) is 11.8 Å². The van der Waals surface area contributed by atoms with Crippen LogP contribution in [0.25, 0.3) is 0 Å². The van der Waals surface area contributed by atoms with Crippen LogP contribution in [-0.4, -0.2) is 21.2 Å². The summed E-state index contributed by atoms with van der Waals surface area (Å²) in [6, 6.07) is 0. The Morgan fingerprint density at radius 3 is 2.27 bits per heavy atom. The van der Waals surface area contributed by atoms with Gasteiger partial charge in [-0.3, -0.25) is 0 Å². The largest absolute Gasteiger partial charge is 0.417 e. The first kappa shape index (κ1) is 12.9. The molecule has 0 heterocycles. The monoisotopic (exact) mass is 228 g/mol. The minimum Gasteiger partial charge on any atom is -0.417 e. The first-order chi connectivity index (χ1) is 6.76. The van der Waals surface area contributed by atoms with Gasteiger partial charge in [-0.1, -0.05) is 20.8 Å². The van der Waals surface area contributed by atoms with Crippen molar-refractivity contribution in [3.63, 3.8) is 0 Å². The molecule has 1 aliphatic carbocycles. The predicted molar refractivity (Wildman–Crippen MR) is 65.4 cm³/mol. The molecule has 1 saturated carbocycles. The number of rotatable bonds is 4. The molecule has 0 aliphatic heterocycles. The summed E-state index contributed by atoms with van der Waals surface area (Å²) in [6.07, 6.45) is 3.17. The van der Waals surface area contributed by atoms with Crippen LogP contribution in [0.15, 0.2) is 0 Å². The van der Waals surface area contributed by atoms with Gasteiger partial charge in [0.2, 0.25) is 0 Å². The fraction of sp³-hybridized carbons (Fsp3) is 0.917. The van der Waals surface area contributed by atoms with Crippen LogP contribution in [0.2, 0.25) is 18.1 Å². The lowest BCUT2D eigenvalue weighted by molar-refractivity contribution is -0.115. The molecule has 0 spiro atoms. The van der Waals surface area contributed by atoms with Gasteiger partial charge in [0.05, 0.1) is 0 Å². The highest BCUT2D eigenvalue weighted by molar-refractivity contribution is 6.74. The standard InChI is InChI=1S/C12H24O2Si/c1-12(2,3)15(4,5)14-9-11-6-10(7-11)8-13/h8,10-11H,6-7,9H2,1-5H3. The fourth-order valence-corrected chi connectivity index (χ4v) is 2.66. The Morgan fingerprint density at radius 1 is 1.33 bits per heavy atom. The van der Waals surface area contributed by atoms with Gasteiger partial charge in [-0.15, -0.1) is 0 Å². The van der Waals surface area contributed by atoms with E-state index in [-0.39, 0.29) is 0 Å². The van der Waals surface area contributed by atoms with Crippen molar-refractivity contribution in [1.29, 1.82) is 0 Å². The second kappa shape index (κ2) is 4.38. The molecule has 0 saturated heterocycles. The third kappa shape index (κ3) is 3.15. The molecule has 0 aromatic rings. The van der Waals surface area contributed by atoms with Crippen LogP contribution >= 0.6 is 0 Å². The van der Waals surface area contributed by atoms with Crippen molar-refractivity contribution >= 4 is 14.6 Å². The second-order valence-corrected chi connectivity index (χ2v) is 11.1. The summed E-state index contributed by atoms with van der Waals surface area (Å²) < 4.78 is 6.11. The average Bonchev–Trinajstić information content (AvgIpc) is 1.99. The summed E-state index contributed by atoms with van der Waals surface area (Å²) in [5.74, 6) is 0.951. The van der Waals surface area contributed by atoms with Gasteiger partial charge in [-0.05, 0) is 36.9 Å². The Hall–Kier alpha value is -0.153. The van der Waals surface area contributed by atoms with E-state index >= 15 is 0 Å². The van der Waals surface area contributed by atoms with Crippen LogP contribution in [-0.2, 0) is 9.22 Å². The summed E-state index contributed by atoms with van der Waals surface area (Å²) >= 11 is 0. The summed E-state index contributed by atoms with van der Waals surface area (Å²) in [6.45, 7) is 12.2. The molecule has 0 atom stereocenters. The summed E-state index contributed by atoms with van der Waals surface area (Å²) in [4.78, 5) is 10.5. The van der Waals surface area contributed by atoms with Crippen LogP contribution < -0.4 is 0 Å². The van der Waals surface area contributed by atoms with Crippen molar-refractivity contribution in [1.82, 2.24) is 0 Å². The average molecular weight is 228 g/mol. The van der Waals surface area contributed by atoms with E-state index in [9.17, 15) is 4.79 Å². The molecule has 3 heteroatoms. The first-order valence-corrected chi connectivity index (χ1v) is 8.76. The number of hydrogen-bond donors (Lipinski definition) is 0. The molecule has 1 rings (SSSR count). The molecular weight excluding hydrogens is 204 g/mol. The van der Waals surface area contributed by atoms with Crippen molar-refractivity contribution in [3.8, 4) is 0 Å². The molecule has 88 valence electrons. The molecule has 0 bridgehead atoms. The molecule has 15 heavy (non-hydrogen) atoms. The number of aldehydes is 1. The third-order valence-corrected chi connectivity index (χ3v) is 8.45. The van der Waals surface area contributed by atoms with Crippen molar-refractivity contribution in [2.45, 2.75) is 51.7 Å². The molecule has 0 radical (unpaired) electrons. The summed E-state index contributed by atoms with van der Waals surface area (Å²) in [7, 11) is -1.57. The lowest BCUT2D eigenvalue weighted by atomic mass is 9.76. The van der Waals surface area contributed by atoms with Crippen LogP contribution in [0.1, 0.15) is 33.6 Å². The Balaban J connectivity index is 2.29. The number of carbonyl (C=O) groups is 1. The van der Waals surface area contributed by atoms with Gasteiger partial charge >= 0.3 is 0 Å². The maximum Gasteiger partial charge on any atom is 0.191 e. The zero-order chi connectivity index (χ0) is 11.7. The first-order valence-electron chi connectivity index (χ1n) is 5.85. The smallest absolute Gasteiger partial charge is 0.191 e. The molecule has 2 nitrogen and oxygen atoms in total. The maximum atomic E-state index is 10.5. The molecule has 0 aromatic heterocycles. The molecule has 0 unspecified atom stereocenters. The van der Waals surface area contributed by atoms with E-state index in [2.05, 4.69) is 33.9 Å². The maximum absolute atomic E-state index is 10.5. The zero-order valence-electron chi connectivity index (χ0n) is 10.7. The van der Waals surface area contributed by atoms with Crippen LogP contribution in [0.3, 0.4) is 0 Å². The topological polar surface area (TPSA) is 26.3 Å². The van der Waals surface area contributed by atoms with Crippen molar-refractivity contribution in [2.75, 3.05) is 6.61 Å². The van der Waals surface area contributed by atoms with Crippen molar-refractivity contribution < 1.29 is 9.22 Å². The molecular formula is C12H24O2Si. The zero-order valence-corrected chi connectivity index (χ0v) is 11.7. The van der Waals surface area contributed by atoms with E-state index in [1.807, 2.05) is 0 Å². The van der Waals surface area contributed by atoms with Crippen LogP contribution in [0.4, 0.5) is 0 Å². The van der Waals surface area contributed by atoms with Crippen LogP contribution in [0, 0.1) is 11.8 Å². The van der Waals surface area contributed by atoms with E-state index < -0.39 is 8.32 Å². The predicted octanol–water partition coefficient (Wildman–Crippen LogP) is 3.23. The highest BCUT2D eigenvalue weighted by atomic mass is 28.4. The molecule has 0 amide bonds. The number of carbonyl (C=O) groups excluding carboxylic acids is 1. The molecule has 0 N–H and O–H groups in total. The Bertz CT molecular complexity index is 224.